The van der Waals surface area contributed by atoms with Gasteiger partial charge in [-0.15, -0.1) is 10.2 Å². The van der Waals surface area contributed by atoms with Crippen LogP contribution in [0.25, 0.3) is 16.8 Å². The molecule has 0 bridgehead atoms. The van der Waals surface area contributed by atoms with Gasteiger partial charge in [0, 0.05) is 34.3 Å². The largest absolute Gasteiger partial charge is 0.496 e. The monoisotopic (exact) mass is 380 g/mol. The predicted molar refractivity (Wildman–Crippen MR) is 101 cm³/mol. The molecule has 4 aromatic rings. The Hall–Kier alpha value is -3.35. The Bertz CT molecular complexity index is 1160. The van der Waals surface area contributed by atoms with E-state index >= 15 is 0 Å². The lowest BCUT2D eigenvalue weighted by molar-refractivity contribution is 0.397. The van der Waals surface area contributed by atoms with Gasteiger partial charge in [0.05, 0.1) is 7.11 Å². The van der Waals surface area contributed by atoms with Gasteiger partial charge in [0.15, 0.2) is 17.3 Å². The SMILES string of the molecule is COc1ccc(F)c(F)c1CCc1ccc(-c2cccnc2C)c2nncn12. The van der Waals surface area contributed by atoms with Gasteiger partial charge in [0.2, 0.25) is 0 Å². The second-order valence-corrected chi connectivity index (χ2v) is 6.44. The van der Waals surface area contributed by atoms with Crippen LogP contribution in [-0.2, 0) is 12.8 Å². The first-order chi connectivity index (χ1) is 13.6. The average molecular weight is 380 g/mol. The second-order valence-electron chi connectivity index (χ2n) is 6.44. The van der Waals surface area contributed by atoms with Gasteiger partial charge in [-0.25, -0.2) is 8.78 Å². The standard InChI is InChI=1S/C21H18F2N4O/c1-13-15(4-3-11-24-13)16-7-5-14(27-12-25-26-21(16)27)6-8-17-19(28-2)10-9-18(22)20(17)23/h3-5,7,9-12H,6,8H2,1-2H3. The number of hydrogen-bond donors (Lipinski definition) is 0. The third-order valence-electron chi connectivity index (χ3n) is 4.84. The second kappa shape index (κ2) is 7.34. The molecule has 0 radical (unpaired) electrons. The highest BCUT2D eigenvalue weighted by molar-refractivity contribution is 5.78. The van der Waals surface area contributed by atoms with Crippen LogP contribution in [0.15, 0.2) is 48.9 Å². The van der Waals surface area contributed by atoms with E-state index in [0.29, 0.717) is 17.8 Å². The lowest BCUT2D eigenvalue weighted by atomic mass is 10.0. The summed E-state index contributed by atoms with van der Waals surface area (Å²) in [7, 11) is 1.44. The van der Waals surface area contributed by atoms with Crippen LogP contribution in [0.1, 0.15) is 17.0 Å². The van der Waals surface area contributed by atoms with E-state index in [1.165, 1.54) is 13.2 Å². The number of aryl methyl sites for hydroxylation is 2. The van der Waals surface area contributed by atoms with Gasteiger partial charge < -0.3 is 4.74 Å². The van der Waals surface area contributed by atoms with E-state index in [0.717, 1.165) is 28.6 Å². The molecule has 0 aliphatic rings. The van der Waals surface area contributed by atoms with Gasteiger partial charge in [-0.1, -0.05) is 6.07 Å². The Morgan fingerprint density at radius 1 is 1.04 bits per heavy atom. The van der Waals surface area contributed by atoms with Crippen molar-refractivity contribution in [2.75, 3.05) is 7.11 Å². The molecule has 0 amide bonds. The fraction of sp³-hybridized carbons (Fsp3) is 0.190. The molecular weight excluding hydrogens is 362 g/mol. The molecule has 0 aliphatic heterocycles. The van der Waals surface area contributed by atoms with Gasteiger partial charge in [0.25, 0.3) is 0 Å². The number of pyridine rings is 2. The Kier molecular flexibility index (Phi) is 4.73. The third kappa shape index (κ3) is 3.09. The Labute approximate surface area is 160 Å². The maximum Gasteiger partial charge on any atom is 0.168 e. The van der Waals surface area contributed by atoms with Gasteiger partial charge in [-0.05, 0) is 50.1 Å². The van der Waals surface area contributed by atoms with E-state index < -0.39 is 11.6 Å². The van der Waals surface area contributed by atoms with Crippen LogP contribution in [0.4, 0.5) is 8.78 Å². The van der Waals surface area contributed by atoms with Crippen molar-refractivity contribution in [3.05, 3.63) is 77.5 Å². The van der Waals surface area contributed by atoms with Crippen molar-refractivity contribution in [2.24, 2.45) is 0 Å². The fourth-order valence-electron chi connectivity index (χ4n) is 3.40. The average Bonchev–Trinajstić information content (AvgIpc) is 3.20. The van der Waals surface area contributed by atoms with Gasteiger partial charge in [-0.3, -0.25) is 9.38 Å². The highest BCUT2D eigenvalue weighted by Crippen LogP contribution is 2.28. The van der Waals surface area contributed by atoms with Gasteiger partial charge >= 0.3 is 0 Å². The Balaban J connectivity index is 1.71. The summed E-state index contributed by atoms with van der Waals surface area (Å²) in [4.78, 5) is 4.33. The number of methoxy groups -OCH3 is 1. The summed E-state index contributed by atoms with van der Waals surface area (Å²) in [5, 5.41) is 8.28. The minimum atomic E-state index is -0.882. The molecule has 5 nitrogen and oxygen atoms in total. The number of rotatable bonds is 5. The molecule has 1 aromatic carbocycles. The summed E-state index contributed by atoms with van der Waals surface area (Å²) in [5.74, 6) is -1.42. The highest BCUT2D eigenvalue weighted by atomic mass is 19.2. The first-order valence-electron chi connectivity index (χ1n) is 8.84. The molecule has 28 heavy (non-hydrogen) atoms. The molecule has 0 spiro atoms. The molecule has 0 N–H and O–H groups in total. The van der Waals surface area contributed by atoms with Crippen molar-refractivity contribution in [3.8, 4) is 16.9 Å². The first-order valence-corrected chi connectivity index (χ1v) is 8.84. The third-order valence-corrected chi connectivity index (χ3v) is 4.84. The number of benzene rings is 1. The van der Waals surface area contributed by atoms with E-state index in [1.54, 1.807) is 12.5 Å². The van der Waals surface area contributed by atoms with E-state index in [9.17, 15) is 8.78 Å². The van der Waals surface area contributed by atoms with Crippen LogP contribution in [-0.4, -0.2) is 26.7 Å². The number of nitrogens with zero attached hydrogens (tertiary/aromatic N) is 4. The summed E-state index contributed by atoms with van der Waals surface area (Å²) < 4.78 is 34.9. The van der Waals surface area contributed by atoms with Gasteiger partial charge in [-0.2, -0.15) is 0 Å². The van der Waals surface area contributed by atoms with E-state index in [-0.39, 0.29) is 12.0 Å². The minimum absolute atomic E-state index is 0.218. The van der Waals surface area contributed by atoms with Crippen LogP contribution < -0.4 is 4.74 Å². The molecule has 3 aromatic heterocycles. The lowest BCUT2D eigenvalue weighted by Gasteiger charge is -2.12. The minimum Gasteiger partial charge on any atom is -0.496 e. The molecule has 0 unspecified atom stereocenters. The summed E-state index contributed by atoms with van der Waals surface area (Å²) in [5.41, 5.74) is 4.59. The highest BCUT2D eigenvalue weighted by Gasteiger charge is 2.16. The topological polar surface area (TPSA) is 52.3 Å². The maximum absolute atomic E-state index is 14.2. The van der Waals surface area contributed by atoms with Crippen molar-refractivity contribution in [3.63, 3.8) is 0 Å². The van der Waals surface area contributed by atoms with E-state index in [1.807, 2.05) is 35.6 Å². The first kappa shape index (κ1) is 18.0. The molecule has 7 heteroatoms. The summed E-state index contributed by atoms with van der Waals surface area (Å²) in [6.45, 7) is 1.94. The number of halogens is 2. The molecule has 142 valence electrons. The quantitative estimate of drug-likeness (QED) is 0.521. The molecule has 0 saturated heterocycles. The van der Waals surface area contributed by atoms with Crippen molar-refractivity contribution in [2.45, 2.75) is 19.8 Å². The normalized spacial score (nSPS) is 11.1. The number of fused-ring (bicyclic) bond motifs is 1. The number of aromatic nitrogens is 4. The molecular formula is C21H18F2N4O. The van der Waals surface area contributed by atoms with Crippen LogP contribution in [0, 0.1) is 18.6 Å². The van der Waals surface area contributed by atoms with Crippen molar-refractivity contribution < 1.29 is 13.5 Å². The van der Waals surface area contributed by atoms with E-state index in [2.05, 4.69) is 15.2 Å². The van der Waals surface area contributed by atoms with Crippen molar-refractivity contribution in [1.82, 2.24) is 19.6 Å². The summed E-state index contributed by atoms with van der Waals surface area (Å²) in [6.07, 6.45) is 4.12. The fourth-order valence-corrected chi connectivity index (χ4v) is 3.40. The van der Waals surface area contributed by atoms with Crippen molar-refractivity contribution in [1.29, 1.82) is 0 Å². The zero-order chi connectivity index (χ0) is 19.7. The van der Waals surface area contributed by atoms with Crippen LogP contribution in [0.3, 0.4) is 0 Å². The number of ether oxygens (including phenoxy) is 1. The number of hydrogen-bond acceptors (Lipinski definition) is 4. The Morgan fingerprint density at radius 3 is 2.68 bits per heavy atom. The molecule has 0 saturated carbocycles. The predicted octanol–water partition coefficient (Wildman–Crippen LogP) is 4.17. The van der Waals surface area contributed by atoms with Crippen LogP contribution in [0.2, 0.25) is 0 Å². The molecule has 0 fully saturated rings. The van der Waals surface area contributed by atoms with Crippen molar-refractivity contribution >= 4 is 5.65 Å². The zero-order valence-electron chi connectivity index (χ0n) is 15.5. The lowest BCUT2D eigenvalue weighted by Crippen LogP contribution is -2.04. The van der Waals surface area contributed by atoms with Gasteiger partial charge in [0.1, 0.15) is 12.1 Å². The smallest absolute Gasteiger partial charge is 0.168 e. The molecule has 0 aliphatic carbocycles. The zero-order valence-corrected chi connectivity index (χ0v) is 15.5. The molecule has 0 atom stereocenters. The van der Waals surface area contributed by atoms with Crippen LogP contribution >= 0.6 is 0 Å². The van der Waals surface area contributed by atoms with Crippen LogP contribution in [0.5, 0.6) is 5.75 Å². The Morgan fingerprint density at radius 2 is 1.89 bits per heavy atom. The van der Waals surface area contributed by atoms with E-state index in [4.69, 9.17) is 4.74 Å². The molecule has 4 rings (SSSR count). The molecule has 3 heterocycles. The summed E-state index contributed by atoms with van der Waals surface area (Å²) >= 11 is 0. The maximum atomic E-state index is 14.2. The summed E-state index contributed by atoms with van der Waals surface area (Å²) in [6, 6.07) is 10.3.